The van der Waals surface area contributed by atoms with E-state index < -0.39 is 5.97 Å². The van der Waals surface area contributed by atoms with Gasteiger partial charge in [-0.15, -0.1) is 0 Å². The third-order valence-corrected chi connectivity index (χ3v) is 2.50. The van der Waals surface area contributed by atoms with E-state index in [1.54, 1.807) is 13.0 Å². The number of anilines is 1. The molecule has 1 heterocycles. The Balaban J connectivity index is 3.28. The van der Waals surface area contributed by atoms with Crippen molar-refractivity contribution in [1.29, 1.82) is 5.41 Å². The molecule has 98 valence electrons. The monoisotopic (exact) mass is 313 g/mol. The summed E-state index contributed by atoms with van der Waals surface area (Å²) in [5, 5.41) is 10.5. The maximum absolute atomic E-state index is 11.8. The quantitative estimate of drug-likeness (QED) is 0.498. The van der Waals surface area contributed by atoms with Gasteiger partial charge >= 0.3 is 5.97 Å². The number of ether oxygens (including phenoxy) is 1. The number of pyridine rings is 1. The van der Waals surface area contributed by atoms with Crippen molar-refractivity contribution in [1.82, 2.24) is 4.98 Å². The molecular weight excluding hydrogens is 298 g/mol. The number of carbonyl (C=O) groups is 1. The minimum absolute atomic E-state index is 0.153. The summed E-state index contributed by atoms with van der Waals surface area (Å²) < 4.78 is 5.49. The molecule has 5 nitrogen and oxygen atoms in total. The zero-order valence-electron chi connectivity index (χ0n) is 10.6. The average molecular weight is 314 g/mol. The second-order valence-electron chi connectivity index (χ2n) is 3.92. The molecule has 1 aromatic heterocycles. The number of halogens is 1. The van der Waals surface area contributed by atoms with Gasteiger partial charge < -0.3 is 15.5 Å². The van der Waals surface area contributed by atoms with Crippen LogP contribution in [0.5, 0.6) is 0 Å². The van der Waals surface area contributed by atoms with Crippen LogP contribution in [-0.4, -0.2) is 29.8 Å². The Morgan fingerprint density at radius 1 is 1.67 bits per heavy atom. The van der Waals surface area contributed by atoms with Gasteiger partial charge in [0, 0.05) is 17.8 Å². The fourth-order valence-corrected chi connectivity index (χ4v) is 1.84. The van der Waals surface area contributed by atoms with E-state index in [2.05, 4.69) is 26.2 Å². The van der Waals surface area contributed by atoms with Crippen molar-refractivity contribution < 1.29 is 9.53 Å². The number of hydrogen-bond acceptors (Lipinski definition) is 5. The highest BCUT2D eigenvalue weighted by molar-refractivity contribution is 9.10. The molecule has 0 bridgehead atoms. The summed E-state index contributed by atoms with van der Waals surface area (Å²) in [5.74, 6) is 0.0448. The molecule has 0 radical (unpaired) electrons. The Hall–Kier alpha value is -1.43. The molecule has 0 unspecified atom stereocenters. The molecule has 0 saturated carbocycles. The normalized spacial score (nSPS) is 10.3. The summed E-state index contributed by atoms with van der Waals surface area (Å²) in [4.78, 5) is 16.0. The smallest absolute Gasteiger partial charge is 0.339 e. The van der Waals surface area contributed by atoms with Crippen LogP contribution in [0.25, 0.3) is 0 Å². The molecule has 0 aliphatic heterocycles. The highest BCUT2D eigenvalue weighted by atomic mass is 79.9. The van der Waals surface area contributed by atoms with Gasteiger partial charge in [0.2, 0.25) is 0 Å². The van der Waals surface area contributed by atoms with Crippen LogP contribution < -0.4 is 5.32 Å². The average Bonchev–Trinajstić information content (AvgIpc) is 2.27. The van der Waals surface area contributed by atoms with Gasteiger partial charge in [0.1, 0.15) is 10.4 Å². The first kappa shape index (κ1) is 14.6. The third-order valence-electron chi connectivity index (χ3n) is 2.09. The summed E-state index contributed by atoms with van der Waals surface area (Å²) in [6.07, 6.45) is 1.11. The van der Waals surface area contributed by atoms with Gasteiger partial charge in [-0.05, 0) is 42.8 Å². The van der Waals surface area contributed by atoms with E-state index in [1.807, 2.05) is 13.8 Å². The van der Waals surface area contributed by atoms with Crippen molar-refractivity contribution in [2.75, 3.05) is 11.9 Å². The molecule has 0 aliphatic rings. The lowest BCUT2D eigenvalue weighted by Crippen LogP contribution is -2.16. The van der Waals surface area contributed by atoms with Crippen molar-refractivity contribution in [2.45, 2.75) is 26.8 Å². The highest BCUT2D eigenvalue weighted by Gasteiger charge is 2.17. The first-order valence-electron chi connectivity index (χ1n) is 5.64. The molecule has 0 atom stereocenters. The van der Waals surface area contributed by atoms with Crippen LogP contribution in [0.2, 0.25) is 0 Å². The van der Waals surface area contributed by atoms with Gasteiger partial charge in [0.05, 0.1) is 12.2 Å². The van der Waals surface area contributed by atoms with E-state index in [1.165, 1.54) is 0 Å². The molecule has 0 aromatic carbocycles. The Labute approximate surface area is 115 Å². The lowest BCUT2D eigenvalue weighted by molar-refractivity contribution is 0.0526. The van der Waals surface area contributed by atoms with E-state index in [-0.39, 0.29) is 6.04 Å². The summed E-state index contributed by atoms with van der Waals surface area (Å²) in [5.41, 5.74) is 0.766. The minimum atomic E-state index is -0.453. The number of hydrogen-bond donors (Lipinski definition) is 2. The molecule has 1 rings (SSSR count). The molecule has 0 saturated heterocycles. The van der Waals surface area contributed by atoms with Gasteiger partial charge in [0.15, 0.2) is 0 Å². The summed E-state index contributed by atoms with van der Waals surface area (Å²) in [7, 11) is 0. The number of aromatic nitrogens is 1. The number of carbonyl (C=O) groups excluding carboxylic acids is 1. The molecule has 0 fully saturated rings. The summed E-state index contributed by atoms with van der Waals surface area (Å²) in [6.45, 7) is 5.95. The van der Waals surface area contributed by atoms with E-state index in [0.717, 1.165) is 6.21 Å². The summed E-state index contributed by atoms with van der Waals surface area (Å²) in [6, 6.07) is 1.71. The van der Waals surface area contributed by atoms with Crippen molar-refractivity contribution in [3.05, 3.63) is 21.8 Å². The predicted molar refractivity (Wildman–Crippen MR) is 74.5 cm³/mol. The Morgan fingerprint density at radius 2 is 2.33 bits per heavy atom. The van der Waals surface area contributed by atoms with Gasteiger partial charge in [-0.1, -0.05) is 0 Å². The van der Waals surface area contributed by atoms with Crippen LogP contribution in [-0.2, 0) is 4.74 Å². The first-order chi connectivity index (χ1) is 8.49. The Morgan fingerprint density at radius 3 is 2.83 bits per heavy atom. The lowest BCUT2D eigenvalue weighted by Gasteiger charge is -2.14. The first-order valence-corrected chi connectivity index (χ1v) is 6.43. The number of esters is 1. The standard InChI is InChI=1S/C12H16BrN3O2/c1-4-18-12(17)8-5-10(13)16-11(9(8)6-14)15-7(2)3/h5-7,14H,4H2,1-3H3,(H,15,16). The van der Waals surface area contributed by atoms with Crippen LogP contribution in [0, 0.1) is 5.41 Å². The molecule has 6 heteroatoms. The number of nitrogens with zero attached hydrogens (tertiary/aromatic N) is 1. The Kier molecular flexibility index (Phi) is 5.27. The topological polar surface area (TPSA) is 75.1 Å². The van der Waals surface area contributed by atoms with E-state index >= 15 is 0 Å². The SMILES string of the molecule is CCOC(=O)c1cc(Br)nc(NC(C)C)c1C=N. The zero-order valence-corrected chi connectivity index (χ0v) is 12.2. The maximum Gasteiger partial charge on any atom is 0.339 e. The lowest BCUT2D eigenvalue weighted by atomic mass is 10.1. The molecule has 18 heavy (non-hydrogen) atoms. The van der Waals surface area contributed by atoms with E-state index in [4.69, 9.17) is 10.1 Å². The minimum Gasteiger partial charge on any atom is -0.462 e. The van der Waals surface area contributed by atoms with E-state index in [9.17, 15) is 4.79 Å². The van der Waals surface area contributed by atoms with Crippen molar-refractivity contribution in [3.8, 4) is 0 Å². The number of rotatable bonds is 5. The second kappa shape index (κ2) is 6.49. The molecule has 2 N–H and O–H groups in total. The van der Waals surface area contributed by atoms with Gasteiger partial charge in [-0.25, -0.2) is 9.78 Å². The predicted octanol–water partition coefficient (Wildman–Crippen LogP) is 2.84. The van der Waals surface area contributed by atoms with Crippen LogP contribution in [0.1, 0.15) is 36.7 Å². The second-order valence-corrected chi connectivity index (χ2v) is 4.73. The number of nitrogens with one attached hydrogen (secondary N) is 2. The molecule has 0 spiro atoms. The fourth-order valence-electron chi connectivity index (χ4n) is 1.43. The van der Waals surface area contributed by atoms with Gasteiger partial charge in [0.25, 0.3) is 0 Å². The Bertz CT molecular complexity index is 461. The summed E-state index contributed by atoms with van der Waals surface area (Å²) >= 11 is 3.25. The van der Waals surface area contributed by atoms with Crippen LogP contribution >= 0.6 is 15.9 Å². The molecule has 0 amide bonds. The molecule has 1 aromatic rings. The largest absolute Gasteiger partial charge is 0.462 e. The molecule has 0 aliphatic carbocycles. The van der Waals surface area contributed by atoms with Crippen LogP contribution in [0.15, 0.2) is 10.7 Å². The van der Waals surface area contributed by atoms with Crippen LogP contribution in [0.3, 0.4) is 0 Å². The fraction of sp³-hybridized carbons (Fsp3) is 0.417. The molecular formula is C12H16BrN3O2. The maximum atomic E-state index is 11.8. The van der Waals surface area contributed by atoms with Gasteiger partial charge in [-0.2, -0.15) is 0 Å². The highest BCUT2D eigenvalue weighted by Crippen LogP contribution is 2.22. The van der Waals surface area contributed by atoms with Crippen LogP contribution in [0.4, 0.5) is 5.82 Å². The third kappa shape index (κ3) is 3.53. The van der Waals surface area contributed by atoms with Crippen molar-refractivity contribution in [3.63, 3.8) is 0 Å². The van der Waals surface area contributed by atoms with Crippen molar-refractivity contribution in [2.24, 2.45) is 0 Å². The van der Waals surface area contributed by atoms with E-state index in [0.29, 0.717) is 28.2 Å². The zero-order chi connectivity index (χ0) is 13.7. The van der Waals surface area contributed by atoms with Crippen molar-refractivity contribution >= 4 is 33.9 Å². The van der Waals surface area contributed by atoms with Gasteiger partial charge in [-0.3, -0.25) is 0 Å².